The first-order valence-electron chi connectivity index (χ1n) is 11.6. The minimum atomic E-state index is -0.917. The number of benzene rings is 1. The summed E-state index contributed by atoms with van der Waals surface area (Å²) in [6, 6.07) is 6.81. The van der Waals surface area contributed by atoms with E-state index in [0.717, 1.165) is 44.2 Å². The summed E-state index contributed by atoms with van der Waals surface area (Å²) in [6.07, 6.45) is 5.30. The van der Waals surface area contributed by atoms with Crippen LogP contribution in [0.1, 0.15) is 54.6 Å². The molecule has 9 nitrogen and oxygen atoms in total. The Morgan fingerprint density at radius 1 is 1.15 bits per heavy atom. The van der Waals surface area contributed by atoms with Crippen LogP contribution in [0, 0.1) is 12.8 Å². The predicted octanol–water partition coefficient (Wildman–Crippen LogP) is 2.39. The molecule has 0 saturated heterocycles. The van der Waals surface area contributed by atoms with Gasteiger partial charge < -0.3 is 21.1 Å². The van der Waals surface area contributed by atoms with Crippen LogP contribution in [0.3, 0.4) is 0 Å². The maximum absolute atomic E-state index is 12.9. The van der Waals surface area contributed by atoms with Gasteiger partial charge in [0.05, 0.1) is 22.8 Å². The predicted molar refractivity (Wildman–Crippen MR) is 129 cm³/mol. The topological polar surface area (TPSA) is 125 Å². The van der Waals surface area contributed by atoms with Crippen molar-refractivity contribution in [3.05, 3.63) is 40.5 Å². The number of nitrogens with one attached hydrogen (secondary N) is 3. The van der Waals surface area contributed by atoms with E-state index in [9.17, 15) is 19.5 Å². The number of nitrogens with zero attached hydrogens (tertiary/aromatic N) is 2. The van der Waals surface area contributed by atoms with E-state index < -0.39 is 12.1 Å². The molecule has 0 radical (unpaired) electrons. The second kappa shape index (κ2) is 12.0. The van der Waals surface area contributed by atoms with Crippen molar-refractivity contribution < 1.29 is 19.5 Å². The number of halogens is 1. The molecule has 4 N–H and O–H groups in total. The lowest BCUT2D eigenvalue weighted by Gasteiger charge is -2.22. The zero-order valence-corrected chi connectivity index (χ0v) is 20.3. The zero-order chi connectivity index (χ0) is 24.7. The number of aliphatic hydroxyl groups is 1. The van der Waals surface area contributed by atoms with Gasteiger partial charge in [-0.15, -0.1) is 0 Å². The summed E-state index contributed by atoms with van der Waals surface area (Å²) in [7, 11) is 1.50. The second-order valence-electron chi connectivity index (χ2n) is 8.64. The quantitative estimate of drug-likeness (QED) is 0.334. The van der Waals surface area contributed by atoms with Crippen LogP contribution in [-0.4, -0.2) is 52.4 Å². The molecule has 3 rings (SSSR count). The molecular weight excluding hydrogens is 458 g/mol. The molecule has 10 heteroatoms. The fourth-order valence-electron chi connectivity index (χ4n) is 4.09. The van der Waals surface area contributed by atoms with Crippen LogP contribution in [0.15, 0.2) is 24.3 Å². The van der Waals surface area contributed by atoms with Gasteiger partial charge in [-0.25, -0.2) is 0 Å². The van der Waals surface area contributed by atoms with E-state index in [-0.39, 0.29) is 41.4 Å². The highest BCUT2D eigenvalue weighted by molar-refractivity contribution is 6.34. The van der Waals surface area contributed by atoms with Crippen molar-refractivity contribution in [2.75, 3.05) is 13.6 Å². The summed E-state index contributed by atoms with van der Waals surface area (Å²) in [6.45, 7) is 1.66. The van der Waals surface area contributed by atoms with Gasteiger partial charge in [0, 0.05) is 24.2 Å². The molecule has 2 aromatic rings. The number of likely N-dealkylation sites (N-methyl/N-ethyl adjacent to an activating group) is 1. The molecule has 3 amide bonds. The third-order valence-corrected chi connectivity index (χ3v) is 6.46. The number of aliphatic hydroxyl groups excluding tert-OH is 1. The molecule has 184 valence electrons. The molecule has 1 aromatic heterocycles. The number of carbonyl (C=O) groups is 3. The first-order chi connectivity index (χ1) is 16.3. The molecule has 0 spiro atoms. The van der Waals surface area contributed by atoms with Crippen molar-refractivity contribution in [3.8, 4) is 11.3 Å². The first kappa shape index (κ1) is 25.7. The smallest absolute Gasteiger partial charge is 0.254 e. The number of hydrogen-bond donors (Lipinski definition) is 4. The first-order valence-corrected chi connectivity index (χ1v) is 12.0. The molecular formula is C24H32ClN5O4. The van der Waals surface area contributed by atoms with E-state index in [1.54, 1.807) is 24.3 Å². The van der Waals surface area contributed by atoms with E-state index in [2.05, 4.69) is 21.0 Å². The van der Waals surface area contributed by atoms with Gasteiger partial charge >= 0.3 is 0 Å². The van der Waals surface area contributed by atoms with Crippen LogP contribution in [0.5, 0.6) is 0 Å². The van der Waals surface area contributed by atoms with Crippen LogP contribution in [-0.2, 0) is 16.1 Å². The van der Waals surface area contributed by atoms with E-state index in [1.165, 1.54) is 11.7 Å². The fourth-order valence-corrected chi connectivity index (χ4v) is 4.29. The number of amides is 3. The summed E-state index contributed by atoms with van der Waals surface area (Å²) in [4.78, 5) is 36.3. The Balaban J connectivity index is 1.70. The molecule has 34 heavy (non-hydrogen) atoms. The number of aromatic nitrogens is 2. The monoisotopic (exact) mass is 489 g/mol. The summed E-state index contributed by atoms with van der Waals surface area (Å²) in [5.41, 5.74) is 2.23. The highest BCUT2D eigenvalue weighted by Crippen LogP contribution is 2.27. The van der Waals surface area contributed by atoms with Crippen LogP contribution in [0.2, 0.25) is 5.02 Å². The number of aryl methyl sites for hydroxylation is 1. The molecule has 0 bridgehead atoms. The van der Waals surface area contributed by atoms with Crippen molar-refractivity contribution >= 4 is 29.3 Å². The Morgan fingerprint density at radius 2 is 1.85 bits per heavy atom. The molecule has 1 aliphatic rings. The number of carbonyl (C=O) groups excluding carboxylic acids is 3. The molecule has 1 atom stereocenters. The molecule has 1 saturated carbocycles. The minimum absolute atomic E-state index is 0.0429. The number of rotatable bonds is 8. The van der Waals surface area contributed by atoms with Gasteiger partial charge in [-0.2, -0.15) is 5.10 Å². The summed E-state index contributed by atoms with van der Waals surface area (Å²) in [5.74, 6) is -1.03. The van der Waals surface area contributed by atoms with E-state index in [4.69, 9.17) is 11.6 Å². The van der Waals surface area contributed by atoms with Gasteiger partial charge in [-0.05, 0) is 38.0 Å². The average molecular weight is 490 g/mol. The third-order valence-electron chi connectivity index (χ3n) is 6.13. The normalized spacial score (nSPS) is 15.3. The highest BCUT2D eigenvalue weighted by atomic mass is 35.5. The van der Waals surface area contributed by atoms with E-state index in [0.29, 0.717) is 11.3 Å². The number of hydrogen-bond acceptors (Lipinski definition) is 5. The van der Waals surface area contributed by atoms with Crippen LogP contribution < -0.4 is 16.0 Å². The summed E-state index contributed by atoms with van der Waals surface area (Å²) in [5, 5.41) is 23.0. The molecule has 1 heterocycles. The Labute approximate surface area is 204 Å². The Bertz CT molecular complexity index is 1030. The van der Waals surface area contributed by atoms with Gasteiger partial charge in [0.1, 0.15) is 12.8 Å². The largest absolute Gasteiger partial charge is 0.373 e. The molecule has 1 aliphatic carbocycles. The van der Waals surface area contributed by atoms with Crippen LogP contribution in [0.4, 0.5) is 0 Å². The van der Waals surface area contributed by atoms with Gasteiger partial charge in [-0.3, -0.25) is 19.1 Å². The fraction of sp³-hybridized carbons (Fsp3) is 0.500. The second-order valence-corrected chi connectivity index (χ2v) is 9.05. The molecule has 1 fully saturated rings. The lowest BCUT2D eigenvalue weighted by atomic mass is 9.98. The van der Waals surface area contributed by atoms with Crippen molar-refractivity contribution in [3.63, 3.8) is 0 Å². The minimum Gasteiger partial charge on any atom is -0.373 e. The van der Waals surface area contributed by atoms with Crippen molar-refractivity contribution in [1.29, 1.82) is 0 Å². The summed E-state index contributed by atoms with van der Waals surface area (Å²) < 4.78 is 1.53. The maximum Gasteiger partial charge on any atom is 0.254 e. The van der Waals surface area contributed by atoms with Crippen molar-refractivity contribution in [2.24, 2.45) is 5.92 Å². The van der Waals surface area contributed by atoms with Gasteiger partial charge in [0.25, 0.3) is 5.91 Å². The Hall–Kier alpha value is -2.91. The molecule has 1 unspecified atom stereocenters. The SMILES string of the molecule is CNC(=O)CNC(=O)Cn1nc(-c2ccc(Cl)c(C(=O)NC(O)C3CCCCCC3)c2)cc1C. The zero-order valence-electron chi connectivity index (χ0n) is 19.6. The van der Waals surface area contributed by atoms with Gasteiger partial charge in [-0.1, -0.05) is 43.4 Å². The Morgan fingerprint density at radius 3 is 2.53 bits per heavy atom. The highest BCUT2D eigenvalue weighted by Gasteiger charge is 2.24. The standard InChI is InChI=1S/C24H32ClN5O4/c1-15-11-20(29-30(15)14-22(32)27-13-21(31)26-2)17-9-10-19(25)18(12-17)24(34)28-23(33)16-7-5-3-4-6-8-16/h9-12,16,23,33H,3-8,13-14H2,1-2H3,(H,26,31)(H,27,32)(H,28,34). The average Bonchev–Trinajstić information content (AvgIpc) is 3.01. The maximum atomic E-state index is 12.9. The van der Waals surface area contributed by atoms with Gasteiger partial charge in [0.2, 0.25) is 11.8 Å². The van der Waals surface area contributed by atoms with Crippen molar-refractivity contribution in [2.45, 2.75) is 58.2 Å². The third kappa shape index (κ3) is 6.80. The van der Waals surface area contributed by atoms with E-state index in [1.807, 2.05) is 6.92 Å². The lowest BCUT2D eigenvalue weighted by molar-refractivity contribution is -0.126. The van der Waals surface area contributed by atoms with Crippen LogP contribution in [0.25, 0.3) is 11.3 Å². The Kier molecular flexibility index (Phi) is 9.06. The lowest BCUT2D eigenvalue weighted by Crippen LogP contribution is -2.40. The summed E-state index contributed by atoms with van der Waals surface area (Å²) >= 11 is 6.30. The van der Waals surface area contributed by atoms with Crippen molar-refractivity contribution in [1.82, 2.24) is 25.7 Å². The molecule has 1 aromatic carbocycles. The molecule has 0 aliphatic heterocycles. The van der Waals surface area contributed by atoms with E-state index >= 15 is 0 Å². The van der Waals surface area contributed by atoms with Crippen LogP contribution >= 0.6 is 11.6 Å². The van der Waals surface area contributed by atoms with Gasteiger partial charge in [0.15, 0.2) is 0 Å².